The molecule has 31 heavy (non-hydrogen) atoms. The zero-order valence-electron chi connectivity index (χ0n) is 19.6. The molecule has 1 saturated heterocycles. The second kappa shape index (κ2) is 13.6. The van der Waals surface area contributed by atoms with E-state index in [2.05, 4.69) is 13.5 Å². The van der Waals surface area contributed by atoms with Gasteiger partial charge in [0.1, 0.15) is 12.9 Å². The van der Waals surface area contributed by atoms with Crippen LogP contribution in [0.25, 0.3) is 0 Å². The molecule has 3 aliphatic rings. The van der Waals surface area contributed by atoms with Crippen LogP contribution in [-0.4, -0.2) is 43.8 Å². The van der Waals surface area contributed by atoms with E-state index in [9.17, 15) is 4.79 Å². The van der Waals surface area contributed by atoms with Gasteiger partial charge in [-0.2, -0.15) is 0 Å². The second-order valence-corrected chi connectivity index (χ2v) is 9.75. The van der Waals surface area contributed by atoms with E-state index >= 15 is 0 Å². The highest BCUT2D eigenvalue weighted by Crippen LogP contribution is 2.37. The maximum absolute atomic E-state index is 12.6. The van der Waals surface area contributed by atoms with Gasteiger partial charge < -0.3 is 18.9 Å². The molecule has 0 aromatic heterocycles. The van der Waals surface area contributed by atoms with Crippen LogP contribution in [0, 0.1) is 11.8 Å². The third kappa shape index (κ3) is 8.18. The van der Waals surface area contributed by atoms with E-state index in [1.165, 1.54) is 19.3 Å². The Balaban J connectivity index is 1.26. The van der Waals surface area contributed by atoms with Crippen molar-refractivity contribution in [1.29, 1.82) is 0 Å². The lowest BCUT2D eigenvalue weighted by Gasteiger charge is -2.36. The van der Waals surface area contributed by atoms with Crippen molar-refractivity contribution >= 4 is 5.97 Å². The zero-order valence-corrected chi connectivity index (χ0v) is 19.6. The summed E-state index contributed by atoms with van der Waals surface area (Å²) in [5, 5.41) is 0. The fourth-order valence-corrected chi connectivity index (χ4v) is 5.51. The Morgan fingerprint density at radius 1 is 0.871 bits per heavy atom. The summed E-state index contributed by atoms with van der Waals surface area (Å²) >= 11 is 0. The molecule has 3 rings (SSSR count). The molecule has 2 saturated carbocycles. The van der Waals surface area contributed by atoms with E-state index in [4.69, 9.17) is 18.9 Å². The van der Waals surface area contributed by atoms with Gasteiger partial charge in [0.05, 0.1) is 30.8 Å². The normalized spacial score (nSPS) is 34.3. The molecule has 2 atom stereocenters. The summed E-state index contributed by atoms with van der Waals surface area (Å²) in [5.74, 6) is 0.641. The average Bonchev–Trinajstić information content (AvgIpc) is 2.79. The Bertz CT molecular complexity index is 520. The lowest BCUT2D eigenvalue weighted by atomic mass is 9.76. The predicted molar refractivity (Wildman–Crippen MR) is 122 cm³/mol. The van der Waals surface area contributed by atoms with Crippen LogP contribution in [0.15, 0.2) is 12.7 Å². The molecule has 5 nitrogen and oxygen atoms in total. The molecular weight excluding hydrogens is 392 g/mol. The van der Waals surface area contributed by atoms with Crippen molar-refractivity contribution in [3.63, 3.8) is 0 Å². The molecule has 0 bridgehead atoms. The van der Waals surface area contributed by atoms with E-state index in [0.29, 0.717) is 31.5 Å². The molecule has 2 aliphatic carbocycles. The quantitative estimate of drug-likeness (QED) is 0.164. The summed E-state index contributed by atoms with van der Waals surface area (Å²) in [7, 11) is 0. The van der Waals surface area contributed by atoms with Crippen LogP contribution >= 0.6 is 0 Å². The van der Waals surface area contributed by atoms with E-state index in [-0.39, 0.29) is 24.1 Å². The molecule has 0 N–H and O–H groups in total. The molecule has 2 unspecified atom stereocenters. The average molecular weight is 437 g/mol. The standard InChI is InChI=1S/C26H44O5/c1-3-5-6-7-24-16-17-25(26(27)31-24)20-8-10-22(11-9-20)29-19-30-23-14-12-21(13-15-23)28-18-4-2/h4,20-25H,2-3,5-19H2,1H3. The van der Waals surface area contributed by atoms with Gasteiger partial charge in [-0.3, -0.25) is 4.79 Å². The van der Waals surface area contributed by atoms with Crippen LogP contribution in [0.5, 0.6) is 0 Å². The van der Waals surface area contributed by atoms with E-state index in [1.54, 1.807) is 0 Å². The lowest BCUT2D eigenvalue weighted by Crippen LogP contribution is -2.37. The molecule has 5 heteroatoms. The Kier molecular flexibility index (Phi) is 10.8. The lowest BCUT2D eigenvalue weighted by molar-refractivity contribution is -0.166. The fraction of sp³-hybridized carbons (Fsp3) is 0.885. The number of hydrogen-bond donors (Lipinski definition) is 0. The summed E-state index contributed by atoms with van der Waals surface area (Å²) in [5.41, 5.74) is 0. The van der Waals surface area contributed by atoms with Crippen LogP contribution in [0.1, 0.15) is 96.8 Å². The number of cyclic esters (lactones) is 1. The molecule has 3 fully saturated rings. The van der Waals surface area contributed by atoms with Crippen molar-refractivity contribution in [1.82, 2.24) is 0 Å². The Morgan fingerprint density at radius 3 is 2.06 bits per heavy atom. The van der Waals surface area contributed by atoms with Gasteiger partial charge in [-0.25, -0.2) is 0 Å². The van der Waals surface area contributed by atoms with Gasteiger partial charge in [-0.1, -0.05) is 25.8 Å². The monoisotopic (exact) mass is 436 g/mol. The third-order valence-electron chi connectivity index (χ3n) is 7.48. The van der Waals surface area contributed by atoms with Gasteiger partial charge in [0.2, 0.25) is 0 Å². The molecule has 0 aromatic rings. The second-order valence-electron chi connectivity index (χ2n) is 9.75. The highest BCUT2D eigenvalue weighted by molar-refractivity contribution is 5.73. The van der Waals surface area contributed by atoms with Crippen molar-refractivity contribution in [2.24, 2.45) is 11.8 Å². The van der Waals surface area contributed by atoms with Gasteiger partial charge >= 0.3 is 5.97 Å². The molecule has 0 aromatic carbocycles. The maximum Gasteiger partial charge on any atom is 0.309 e. The van der Waals surface area contributed by atoms with E-state index < -0.39 is 0 Å². The number of hydrogen-bond acceptors (Lipinski definition) is 5. The van der Waals surface area contributed by atoms with Crippen molar-refractivity contribution in [2.75, 3.05) is 13.4 Å². The van der Waals surface area contributed by atoms with Crippen molar-refractivity contribution in [2.45, 2.75) is 121 Å². The molecule has 1 aliphatic heterocycles. The van der Waals surface area contributed by atoms with Gasteiger partial charge in [-0.15, -0.1) is 6.58 Å². The minimum absolute atomic E-state index is 0.0631. The van der Waals surface area contributed by atoms with Gasteiger partial charge in [0.25, 0.3) is 0 Å². The van der Waals surface area contributed by atoms with Crippen LogP contribution in [0.3, 0.4) is 0 Å². The Morgan fingerprint density at radius 2 is 1.48 bits per heavy atom. The summed E-state index contributed by atoms with van der Waals surface area (Å²) in [6, 6.07) is 0. The number of ether oxygens (including phenoxy) is 4. The van der Waals surface area contributed by atoms with E-state index in [1.807, 2.05) is 6.08 Å². The first-order valence-electron chi connectivity index (χ1n) is 12.9. The van der Waals surface area contributed by atoms with E-state index in [0.717, 1.165) is 70.6 Å². The SMILES string of the molecule is C=CCOC1CCC(OCOC2CCC(C3CCC(CCCCC)OC3=O)CC2)CC1. The summed E-state index contributed by atoms with van der Waals surface area (Å²) in [6.45, 7) is 6.95. The first-order chi connectivity index (χ1) is 15.2. The summed E-state index contributed by atoms with van der Waals surface area (Å²) in [6.07, 6.45) is 18.0. The Labute approximate surface area is 189 Å². The van der Waals surface area contributed by atoms with Crippen LogP contribution in [0.2, 0.25) is 0 Å². The molecule has 1 heterocycles. The number of carbonyl (C=O) groups is 1. The predicted octanol–water partition coefficient (Wildman–Crippen LogP) is 5.95. The molecule has 0 radical (unpaired) electrons. The smallest absolute Gasteiger partial charge is 0.309 e. The van der Waals surface area contributed by atoms with Gasteiger partial charge in [0, 0.05) is 0 Å². The fourth-order valence-electron chi connectivity index (χ4n) is 5.51. The highest BCUT2D eigenvalue weighted by atomic mass is 16.7. The summed E-state index contributed by atoms with van der Waals surface area (Å²) < 4.78 is 23.5. The highest BCUT2D eigenvalue weighted by Gasteiger charge is 2.37. The topological polar surface area (TPSA) is 54.0 Å². The maximum atomic E-state index is 12.6. The molecule has 0 amide bonds. The minimum Gasteiger partial charge on any atom is -0.462 e. The molecule has 0 spiro atoms. The Hall–Kier alpha value is -0.910. The van der Waals surface area contributed by atoms with Gasteiger partial charge in [-0.05, 0) is 83.0 Å². The first kappa shape index (κ1) is 24.7. The zero-order chi connectivity index (χ0) is 21.9. The van der Waals surface area contributed by atoms with Crippen molar-refractivity contribution in [3.05, 3.63) is 12.7 Å². The summed E-state index contributed by atoms with van der Waals surface area (Å²) in [4.78, 5) is 12.6. The van der Waals surface area contributed by atoms with Crippen molar-refractivity contribution in [3.8, 4) is 0 Å². The van der Waals surface area contributed by atoms with Crippen LogP contribution < -0.4 is 0 Å². The van der Waals surface area contributed by atoms with Crippen LogP contribution in [-0.2, 0) is 23.7 Å². The number of carbonyl (C=O) groups excluding carboxylic acids is 1. The first-order valence-corrected chi connectivity index (χ1v) is 12.9. The third-order valence-corrected chi connectivity index (χ3v) is 7.48. The number of esters is 1. The van der Waals surface area contributed by atoms with Gasteiger partial charge in [0.15, 0.2) is 0 Å². The largest absolute Gasteiger partial charge is 0.462 e. The van der Waals surface area contributed by atoms with Crippen molar-refractivity contribution < 1.29 is 23.7 Å². The van der Waals surface area contributed by atoms with Crippen LogP contribution in [0.4, 0.5) is 0 Å². The number of rotatable bonds is 12. The minimum atomic E-state index is 0.0631. The molecular formula is C26H44O5. The number of unbranched alkanes of at least 4 members (excludes halogenated alkanes) is 2. The molecule has 178 valence electrons.